The van der Waals surface area contributed by atoms with Gasteiger partial charge in [0.1, 0.15) is 5.75 Å². The van der Waals surface area contributed by atoms with Crippen LogP contribution < -0.4 is 10.1 Å². The normalized spacial score (nSPS) is 13.0. The van der Waals surface area contributed by atoms with Crippen LogP contribution in [-0.4, -0.2) is 19.6 Å². The number of ether oxygens (including phenoxy) is 1. The maximum Gasteiger partial charge on any atom is 0.261 e. The molecular formula is C18H21NO2S. The van der Waals surface area contributed by atoms with Crippen LogP contribution in [0.25, 0.3) is 0 Å². The smallest absolute Gasteiger partial charge is 0.261 e. The molecule has 0 saturated heterocycles. The van der Waals surface area contributed by atoms with Crippen LogP contribution in [0.3, 0.4) is 0 Å². The minimum Gasteiger partial charge on any atom is -0.496 e. The summed E-state index contributed by atoms with van der Waals surface area (Å²) in [4.78, 5) is 14.5. The lowest BCUT2D eigenvalue weighted by molar-refractivity contribution is 0.0958. The molecule has 22 heavy (non-hydrogen) atoms. The number of benzene rings is 1. The molecule has 1 aromatic carbocycles. The van der Waals surface area contributed by atoms with E-state index in [2.05, 4.69) is 24.4 Å². The van der Waals surface area contributed by atoms with Crippen LogP contribution >= 0.6 is 11.3 Å². The number of fused-ring (bicyclic) bond motifs is 1. The number of hydrogen-bond donors (Lipinski definition) is 1. The highest BCUT2D eigenvalue weighted by Crippen LogP contribution is 2.30. The Balaban J connectivity index is 1.58. The van der Waals surface area contributed by atoms with Crippen molar-refractivity contribution in [3.05, 3.63) is 50.7 Å². The number of thiophene rings is 1. The zero-order chi connectivity index (χ0) is 15.5. The van der Waals surface area contributed by atoms with Gasteiger partial charge in [0.15, 0.2) is 0 Å². The fourth-order valence-corrected chi connectivity index (χ4v) is 4.11. The van der Waals surface area contributed by atoms with E-state index in [0.717, 1.165) is 35.5 Å². The van der Waals surface area contributed by atoms with Gasteiger partial charge < -0.3 is 10.1 Å². The minimum absolute atomic E-state index is 0.0472. The third kappa shape index (κ3) is 3.17. The Kier molecular flexibility index (Phi) is 4.48. The van der Waals surface area contributed by atoms with Gasteiger partial charge in [0, 0.05) is 11.4 Å². The second-order valence-corrected chi connectivity index (χ2v) is 6.87. The van der Waals surface area contributed by atoms with E-state index in [9.17, 15) is 4.79 Å². The highest BCUT2D eigenvalue weighted by molar-refractivity contribution is 7.14. The van der Waals surface area contributed by atoms with Gasteiger partial charge in [-0.2, -0.15) is 0 Å². The molecule has 1 aliphatic carbocycles. The molecule has 1 aromatic heterocycles. The van der Waals surface area contributed by atoms with Gasteiger partial charge in [0.25, 0.3) is 5.91 Å². The molecule has 0 radical (unpaired) electrons. The van der Waals surface area contributed by atoms with Gasteiger partial charge in [-0.3, -0.25) is 4.79 Å². The van der Waals surface area contributed by atoms with Crippen LogP contribution in [0.2, 0.25) is 0 Å². The predicted molar refractivity (Wildman–Crippen MR) is 90.1 cm³/mol. The topological polar surface area (TPSA) is 38.3 Å². The van der Waals surface area contributed by atoms with Crippen LogP contribution in [0.1, 0.15) is 37.7 Å². The van der Waals surface area contributed by atoms with Crippen molar-refractivity contribution in [2.24, 2.45) is 0 Å². The SMILES string of the molecule is COc1ccc(C)cc1CCNC(=O)c1cc2c(s1)CCC2. The fourth-order valence-electron chi connectivity index (χ4n) is 2.94. The first-order valence-corrected chi connectivity index (χ1v) is 8.52. The first kappa shape index (κ1) is 15.1. The summed E-state index contributed by atoms with van der Waals surface area (Å²) in [6.07, 6.45) is 4.27. The molecule has 0 unspecified atom stereocenters. The Morgan fingerprint density at radius 3 is 2.95 bits per heavy atom. The number of carbonyl (C=O) groups excluding carboxylic acids is 1. The molecule has 1 amide bonds. The molecule has 2 aromatic rings. The second-order valence-electron chi connectivity index (χ2n) is 5.73. The van der Waals surface area contributed by atoms with E-state index >= 15 is 0 Å². The van der Waals surface area contributed by atoms with Crippen molar-refractivity contribution in [2.75, 3.05) is 13.7 Å². The summed E-state index contributed by atoms with van der Waals surface area (Å²) in [7, 11) is 1.68. The van der Waals surface area contributed by atoms with Crippen LogP contribution in [0.5, 0.6) is 5.75 Å². The fraction of sp³-hybridized carbons (Fsp3) is 0.389. The lowest BCUT2D eigenvalue weighted by Crippen LogP contribution is -2.25. The van der Waals surface area contributed by atoms with Gasteiger partial charge in [-0.25, -0.2) is 0 Å². The summed E-state index contributed by atoms with van der Waals surface area (Å²) in [6.45, 7) is 2.69. The van der Waals surface area contributed by atoms with Crippen molar-refractivity contribution < 1.29 is 9.53 Å². The first-order valence-electron chi connectivity index (χ1n) is 7.70. The summed E-state index contributed by atoms with van der Waals surface area (Å²) in [5, 5.41) is 3.02. The van der Waals surface area contributed by atoms with Crippen molar-refractivity contribution in [3.63, 3.8) is 0 Å². The van der Waals surface area contributed by atoms with E-state index in [-0.39, 0.29) is 5.91 Å². The molecule has 0 aliphatic heterocycles. The lowest BCUT2D eigenvalue weighted by atomic mass is 10.1. The predicted octanol–water partition coefficient (Wildman–Crippen LogP) is 3.53. The first-order chi connectivity index (χ1) is 10.7. The highest BCUT2D eigenvalue weighted by Gasteiger charge is 2.18. The Morgan fingerprint density at radius 2 is 2.18 bits per heavy atom. The molecule has 0 spiro atoms. The average molecular weight is 315 g/mol. The quantitative estimate of drug-likeness (QED) is 0.916. The maximum atomic E-state index is 12.2. The van der Waals surface area contributed by atoms with Crippen molar-refractivity contribution in [2.45, 2.75) is 32.6 Å². The molecule has 0 fully saturated rings. The molecule has 116 valence electrons. The molecule has 0 bridgehead atoms. The molecule has 1 aliphatic rings. The van der Waals surface area contributed by atoms with Gasteiger partial charge in [-0.15, -0.1) is 11.3 Å². The summed E-state index contributed by atoms with van der Waals surface area (Å²) < 4.78 is 5.37. The molecule has 3 nitrogen and oxygen atoms in total. The Bertz CT molecular complexity index is 669. The minimum atomic E-state index is 0.0472. The van der Waals surface area contributed by atoms with Crippen LogP contribution in [0, 0.1) is 6.92 Å². The Morgan fingerprint density at radius 1 is 1.32 bits per heavy atom. The summed E-state index contributed by atoms with van der Waals surface area (Å²) in [6, 6.07) is 8.20. The maximum absolute atomic E-state index is 12.2. The largest absolute Gasteiger partial charge is 0.496 e. The van der Waals surface area contributed by atoms with Crippen LogP contribution in [0.4, 0.5) is 0 Å². The molecule has 0 atom stereocenters. The zero-order valence-corrected chi connectivity index (χ0v) is 13.9. The number of nitrogens with one attached hydrogen (secondary N) is 1. The van der Waals surface area contributed by atoms with E-state index in [1.54, 1.807) is 18.4 Å². The molecule has 1 heterocycles. The number of amides is 1. The van der Waals surface area contributed by atoms with Gasteiger partial charge in [-0.05, 0) is 55.9 Å². The molecule has 3 rings (SSSR count). The van der Waals surface area contributed by atoms with Gasteiger partial charge >= 0.3 is 0 Å². The lowest BCUT2D eigenvalue weighted by Gasteiger charge is -2.10. The third-order valence-electron chi connectivity index (χ3n) is 4.09. The number of methoxy groups -OCH3 is 1. The van der Waals surface area contributed by atoms with Crippen LogP contribution in [0.15, 0.2) is 24.3 Å². The van der Waals surface area contributed by atoms with E-state index < -0.39 is 0 Å². The second kappa shape index (κ2) is 6.53. The Hall–Kier alpha value is -1.81. The summed E-state index contributed by atoms with van der Waals surface area (Å²) >= 11 is 1.65. The molecule has 0 saturated carbocycles. The average Bonchev–Trinajstić information content (AvgIpc) is 3.08. The van der Waals surface area contributed by atoms with Gasteiger partial charge in [0.2, 0.25) is 0 Å². The number of carbonyl (C=O) groups is 1. The molecule has 1 N–H and O–H groups in total. The van der Waals surface area contributed by atoms with Crippen LogP contribution in [-0.2, 0) is 19.3 Å². The van der Waals surface area contributed by atoms with E-state index in [4.69, 9.17) is 4.74 Å². The van der Waals surface area contributed by atoms with Gasteiger partial charge in [0.05, 0.1) is 12.0 Å². The summed E-state index contributed by atoms with van der Waals surface area (Å²) in [5.41, 5.74) is 3.71. The third-order valence-corrected chi connectivity index (χ3v) is 5.32. The molecule has 4 heteroatoms. The number of hydrogen-bond acceptors (Lipinski definition) is 3. The number of rotatable bonds is 5. The standard InChI is InChI=1S/C18H21NO2S/c1-12-6-7-15(21-2)13(10-12)8-9-19-18(20)17-11-14-4-3-5-16(14)22-17/h6-7,10-11H,3-5,8-9H2,1-2H3,(H,19,20). The van der Waals surface area contributed by atoms with Crippen molar-refractivity contribution >= 4 is 17.2 Å². The number of aryl methyl sites for hydroxylation is 3. The Labute approximate surface area is 135 Å². The van der Waals surface area contributed by atoms with E-state index in [0.29, 0.717) is 6.54 Å². The summed E-state index contributed by atoms with van der Waals surface area (Å²) in [5.74, 6) is 0.931. The van der Waals surface area contributed by atoms with E-state index in [1.165, 1.54) is 22.4 Å². The highest BCUT2D eigenvalue weighted by atomic mass is 32.1. The monoisotopic (exact) mass is 315 g/mol. The zero-order valence-electron chi connectivity index (χ0n) is 13.1. The van der Waals surface area contributed by atoms with Crippen molar-refractivity contribution in [1.29, 1.82) is 0 Å². The molecular weight excluding hydrogens is 294 g/mol. The van der Waals surface area contributed by atoms with E-state index in [1.807, 2.05) is 12.1 Å². The van der Waals surface area contributed by atoms with Crippen molar-refractivity contribution in [3.8, 4) is 5.75 Å². The van der Waals surface area contributed by atoms with Crippen molar-refractivity contribution in [1.82, 2.24) is 5.32 Å². The van der Waals surface area contributed by atoms with Gasteiger partial charge in [-0.1, -0.05) is 17.7 Å².